The van der Waals surface area contributed by atoms with E-state index in [1.165, 1.54) is 0 Å². The zero-order chi connectivity index (χ0) is 4.99. The number of rotatable bonds is 1. The molecule has 0 aliphatic rings. The van der Waals surface area contributed by atoms with Crippen LogP contribution in [0.1, 0.15) is 0 Å². The monoisotopic (exact) mass is 94.0 g/mol. The molecule has 0 saturated carbocycles. The second-order valence-corrected chi connectivity index (χ2v) is 0.714. The second-order valence-electron chi connectivity index (χ2n) is 0.714. The Balaban J connectivity index is 3.22. The van der Waals surface area contributed by atoms with Crippen LogP contribution in [0.4, 0.5) is 8.78 Å². The van der Waals surface area contributed by atoms with Crippen molar-refractivity contribution in [3.05, 3.63) is 12.2 Å². The zero-order valence-electron chi connectivity index (χ0n) is 2.99. The number of aliphatic hydroxyl groups is 1. The second kappa shape index (κ2) is 2.78. The maximum absolute atomic E-state index is 11.1. The highest BCUT2D eigenvalue weighted by atomic mass is 19.2. The Labute approximate surface area is 33.9 Å². The van der Waals surface area contributed by atoms with Gasteiger partial charge in [0.25, 0.3) is 0 Å². The minimum atomic E-state index is -1.14. The smallest absolute Gasteiger partial charge is 0.153 e. The Hall–Kier alpha value is -0.440. The summed E-state index contributed by atoms with van der Waals surface area (Å²) in [6, 6.07) is 0. The van der Waals surface area contributed by atoms with Crippen LogP contribution >= 0.6 is 0 Å². The van der Waals surface area contributed by atoms with Crippen LogP contribution in [-0.4, -0.2) is 11.7 Å². The largest absolute Gasteiger partial charge is 0.389 e. The predicted octanol–water partition coefficient (Wildman–Crippen LogP) is 0.759. The molecule has 0 fully saturated rings. The molecule has 36 valence electrons. The van der Waals surface area contributed by atoms with E-state index in [-0.39, 0.29) is 6.33 Å². The first-order valence-corrected chi connectivity index (χ1v) is 1.37. The van der Waals surface area contributed by atoms with Crippen molar-refractivity contribution in [2.24, 2.45) is 0 Å². The van der Waals surface area contributed by atoms with Gasteiger partial charge in [-0.3, -0.25) is 0 Å². The average molecular weight is 94.1 g/mol. The molecule has 0 aliphatic heterocycles. The van der Waals surface area contributed by atoms with E-state index in [2.05, 4.69) is 0 Å². The maximum atomic E-state index is 11.1. The summed E-state index contributed by atoms with van der Waals surface area (Å²) >= 11 is 0. The molecule has 0 aromatic carbocycles. The Bertz CT molecular complexity index is 59.8. The molecule has 0 atom stereocenters. The lowest BCUT2D eigenvalue weighted by Crippen LogP contribution is -1.77. The number of halogens is 2. The molecular formula is C3H4F2O. The molecule has 6 heavy (non-hydrogen) atoms. The summed E-state index contributed by atoms with van der Waals surface area (Å²) in [6.45, 7) is -0.851. The van der Waals surface area contributed by atoms with E-state index in [4.69, 9.17) is 5.11 Å². The van der Waals surface area contributed by atoms with Crippen LogP contribution < -0.4 is 0 Å². The van der Waals surface area contributed by atoms with E-state index in [1.807, 2.05) is 0 Å². The van der Waals surface area contributed by atoms with Gasteiger partial charge in [-0.15, -0.1) is 0 Å². The number of hydrogen-bond acceptors (Lipinski definition) is 1. The molecule has 0 heterocycles. The van der Waals surface area contributed by atoms with E-state index < -0.39 is 12.4 Å². The summed E-state index contributed by atoms with van der Waals surface area (Å²) in [7, 11) is 0. The van der Waals surface area contributed by atoms with Crippen molar-refractivity contribution in [3.63, 3.8) is 0 Å². The molecule has 0 bridgehead atoms. The van der Waals surface area contributed by atoms with Gasteiger partial charge in [-0.2, -0.15) is 0 Å². The van der Waals surface area contributed by atoms with Crippen LogP contribution in [0.15, 0.2) is 12.2 Å². The highest BCUT2D eigenvalue weighted by Crippen LogP contribution is 1.90. The highest BCUT2D eigenvalue weighted by molar-refractivity contribution is 4.82. The van der Waals surface area contributed by atoms with E-state index in [0.717, 1.165) is 0 Å². The van der Waals surface area contributed by atoms with Crippen molar-refractivity contribution in [3.8, 4) is 0 Å². The quantitative estimate of drug-likeness (QED) is 0.508. The van der Waals surface area contributed by atoms with Crippen LogP contribution in [0.25, 0.3) is 0 Å². The fraction of sp³-hybridized carbons (Fsp3) is 0.333. The number of aliphatic hydroxyl groups excluding tert-OH is 1. The molecule has 0 aromatic heterocycles. The van der Waals surface area contributed by atoms with Crippen LogP contribution in [-0.2, 0) is 0 Å². The Morgan fingerprint density at radius 3 is 2.33 bits per heavy atom. The Kier molecular flexibility index (Phi) is 2.58. The van der Waals surface area contributed by atoms with Crippen LogP contribution in [0.2, 0.25) is 0 Å². The fourth-order valence-electron chi connectivity index (χ4n) is 0.0345. The molecular weight excluding hydrogens is 90.0 g/mol. The maximum Gasteiger partial charge on any atom is 0.153 e. The lowest BCUT2D eigenvalue weighted by atomic mass is 10.6. The standard InChI is InChI=1S/C3H4F2O/c4-1-3(5)2-6/h1,6H,2H2/b3-1-. The van der Waals surface area contributed by atoms with Crippen LogP contribution in [0.3, 0.4) is 0 Å². The lowest BCUT2D eigenvalue weighted by molar-refractivity contribution is 0.294. The molecule has 0 unspecified atom stereocenters. The molecule has 0 saturated heterocycles. The topological polar surface area (TPSA) is 20.2 Å². The lowest BCUT2D eigenvalue weighted by Gasteiger charge is -1.77. The van der Waals surface area contributed by atoms with Gasteiger partial charge in [-0.25, -0.2) is 8.78 Å². The summed E-state index contributed by atoms with van der Waals surface area (Å²) in [6.07, 6.45) is -0.278. The first-order valence-electron chi connectivity index (χ1n) is 1.37. The third-order valence-corrected chi connectivity index (χ3v) is 0.269. The zero-order valence-corrected chi connectivity index (χ0v) is 2.99. The van der Waals surface area contributed by atoms with Crippen molar-refractivity contribution in [2.45, 2.75) is 0 Å². The van der Waals surface area contributed by atoms with Crippen LogP contribution in [0.5, 0.6) is 0 Å². The summed E-state index contributed by atoms with van der Waals surface area (Å²) in [5.74, 6) is -1.14. The van der Waals surface area contributed by atoms with Gasteiger partial charge in [-0.1, -0.05) is 0 Å². The van der Waals surface area contributed by atoms with E-state index in [1.54, 1.807) is 0 Å². The van der Waals surface area contributed by atoms with Crippen LogP contribution in [0, 0.1) is 0 Å². The summed E-state index contributed by atoms with van der Waals surface area (Å²) in [5, 5.41) is 7.65. The van der Waals surface area contributed by atoms with Gasteiger partial charge in [0.15, 0.2) is 5.83 Å². The molecule has 0 spiro atoms. The molecule has 0 amide bonds. The summed E-state index contributed by atoms with van der Waals surface area (Å²) in [4.78, 5) is 0. The summed E-state index contributed by atoms with van der Waals surface area (Å²) in [5.41, 5.74) is 0. The first kappa shape index (κ1) is 5.56. The minimum absolute atomic E-state index is 0.278. The van der Waals surface area contributed by atoms with Crippen molar-refractivity contribution in [1.82, 2.24) is 0 Å². The van der Waals surface area contributed by atoms with Gasteiger partial charge in [0, 0.05) is 0 Å². The third-order valence-electron chi connectivity index (χ3n) is 0.269. The van der Waals surface area contributed by atoms with Crippen molar-refractivity contribution < 1.29 is 13.9 Å². The van der Waals surface area contributed by atoms with Gasteiger partial charge in [0.05, 0.1) is 6.61 Å². The molecule has 0 radical (unpaired) electrons. The summed E-state index contributed by atoms with van der Waals surface area (Å²) < 4.78 is 21.8. The molecule has 0 aliphatic carbocycles. The highest BCUT2D eigenvalue weighted by Gasteiger charge is 1.83. The average Bonchev–Trinajstić information content (AvgIpc) is 1.65. The van der Waals surface area contributed by atoms with Crippen molar-refractivity contribution in [1.29, 1.82) is 0 Å². The van der Waals surface area contributed by atoms with E-state index in [9.17, 15) is 8.78 Å². The Morgan fingerprint density at radius 1 is 1.83 bits per heavy atom. The molecule has 0 rings (SSSR count). The van der Waals surface area contributed by atoms with Gasteiger partial charge >= 0.3 is 0 Å². The van der Waals surface area contributed by atoms with Crippen molar-refractivity contribution in [2.75, 3.05) is 6.61 Å². The van der Waals surface area contributed by atoms with E-state index >= 15 is 0 Å². The minimum Gasteiger partial charge on any atom is -0.389 e. The third kappa shape index (κ3) is 1.84. The molecule has 3 heteroatoms. The van der Waals surface area contributed by atoms with E-state index in [0.29, 0.717) is 0 Å². The fourth-order valence-corrected chi connectivity index (χ4v) is 0.0345. The SMILES string of the molecule is OC/C(F)=C/F. The first-order chi connectivity index (χ1) is 2.81. The number of hydrogen-bond donors (Lipinski definition) is 1. The van der Waals surface area contributed by atoms with Gasteiger partial charge < -0.3 is 5.11 Å². The normalized spacial score (nSPS) is 12.2. The Morgan fingerprint density at radius 2 is 2.33 bits per heavy atom. The molecule has 1 N–H and O–H groups in total. The van der Waals surface area contributed by atoms with Gasteiger partial charge in [0.2, 0.25) is 0 Å². The molecule has 1 nitrogen and oxygen atoms in total. The van der Waals surface area contributed by atoms with Gasteiger partial charge in [-0.05, 0) is 0 Å². The molecule has 0 aromatic rings. The van der Waals surface area contributed by atoms with Crippen molar-refractivity contribution >= 4 is 0 Å². The predicted molar refractivity (Wildman–Crippen MR) is 17.4 cm³/mol. The van der Waals surface area contributed by atoms with Gasteiger partial charge in [0.1, 0.15) is 6.33 Å².